The van der Waals surface area contributed by atoms with Gasteiger partial charge in [-0.3, -0.25) is 9.36 Å². The summed E-state index contributed by atoms with van der Waals surface area (Å²) in [6.45, 7) is 0. The summed E-state index contributed by atoms with van der Waals surface area (Å²) < 4.78 is 2.32. The van der Waals surface area contributed by atoms with Crippen molar-refractivity contribution in [1.29, 1.82) is 5.26 Å². The van der Waals surface area contributed by atoms with Crippen LogP contribution in [0.25, 0.3) is 26.0 Å². The smallest absolute Gasteiger partial charge is 0.273 e. The van der Waals surface area contributed by atoms with Crippen molar-refractivity contribution in [3.05, 3.63) is 64.7 Å². The second-order valence-corrected chi connectivity index (χ2v) is 7.45. The minimum atomic E-state index is -0.0624. The lowest BCUT2D eigenvalue weighted by Gasteiger charge is -2.07. The van der Waals surface area contributed by atoms with Gasteiger partial charge in [0.25, 0.3) is 5.56 Å². The number of thiophene rings is 1. The van der Waals surface area contributed by atoms with Crippen LogP contribution in [0.5, 0.6) is 0 Å². The van der Waals surface area contributed by atoms with Gasteiger partial charge in [0.05, 0.1) is 11.6 Å². The molecule has 1 aromatic carbocycles. The van der Waals surface area contributed by atoms with Gasteiger partial charge in [0.2, 0.25) is 0 Å². The quantitative estimate of drug-likeness (QED) is 0.600. The third-order valence-electron chi connectivity index (χ3n) is 4.64. The molecular weight excluding hydrogens is 344 g/mol. The molecule has 3 heterocycles. The first-order valence-corrected chi connectivity index (χ1v) is 9.26. The molecule has 0 amide bonds. The Labute approximate surface area is 153 Å². The van der Waals surface area contributed by atoms with Crippen LogP contribution < -0.4 is 10.9 Å². The zero-order valence-corrected chi connectivity index (χ0v) is 14.6. The number of anilines is 1. The summed E-state index contributed by atoms with van der Waals surface area (Å²) >= 11 is 1.43. The first-order valence-electron chi connectivity index (χ1n) is 8.44. The first kappa shape index (κ1) is 15.1. The summed E-state index contributed by atoms with van der Waals surface area (Å²) in [4.78, 5) is 18.4. The molecule has 6 heteroatoms. The van der Waals surface area contributed by atoms with Gasteiger partial charge in [-0.2, -0.15) is 5.26 Å². The van der Waals surface area contributed by atoms with Crippen molar-refractivity contribution in [1.82, 2.24) is 9.55 Å². The van der Waals surface area contributed by atoms with E-state index in [1.54, 1.807) is 41.2 Å². The van der Waals surface area contributed by atoms with Crippen LogP contribution in [-0.2, 0) is 0 Å². The Kier molecular flexibility index (Phi) is 3.30. The molecule has 0 bridgehead atoms. The third kappa shape index (κ3) is 2.37. The lowest BCUT2D eigenvalue weighted by atomic mass is 10.2. The van der Waals surface area contributed by atoms with Crippen molar-refractivity contribution in [2.75, 3.05) is 5.32 Å². The van der Waals surface area contributed by atoms with Gasteiger partial charge < -0.3 is 5.32 Å². The SMILES string of the molecule is N#Cc1ccc(-n2ccc3c(sc4nccc(NC5CC5)c43)c2=O)cc1. The molecule has 26 heavy (non-hydrogen) atoms. The van der Waals surface area contributed by atoms with E-state index in [9.17, 15) is 4.79 Å². The molecule has 0 atom stereocenters. The van der Waals surface area contributed by atoms with Crippen LogP contribution in [0.4, 0.5) is 5.69 Å². The molecule has 126 valence electrons. The molecule has 1 aliphatic rings. The molecule has 0 saturated heterocycles. The Balaban J connectivity index is 1.71. The van der Waals surface area contributed by atoms with Gasteiger partial charge in [-0.1, -0.05) is 0 Å². The number of nitrogens with one attached hydrogen (secondary N) is 1. The molecule has 4 aromatic rings. The number of rotatable bonds is 3. The standard InChI is InChI=1S/C20H14N4OS/c21-11-12-1-5-14(6-2-12)24-10-8-15-17-16(23-13-3-4-13)7-9-22-19(17)26-18(15)20(24)25/h1-2,5-10,13H,3-4H2,(H,22,23). The van der Waals surface area contributed by atoms with Crippen molar-refractivity contribution >= 4 is 37.3 Å². The van der Waals surface area contributed by atoms with E-state index < -0.39 is 0 Å². The maximum Gasteiger partial charge on any atom is 0.273 e. The van der Waals surface area contributed by atoms with Crippen molar-refractivity contribution in [3.63, 3.8) is 0 Å². The van der Waals surface area contributed by atoms with Gasteiger partial charge in [-0.05, 0) is 49.2 Å². The fourth-order valence-electron chi connectivity index (χ4n) is 3.16. The van der Waals surface area contributed by atoms with Crippen molar-refractivity contribution < 1.29 is 0 Å². The van der Waals surface area contributed by atoms with Crippen molar-refractivity contribution in [2.45, 2.75) is 18.9 Å². The van der Waals surface area contributed by atoms with Crippen LogP contribution in [-0.4, -0.2) is 15.6 Å². The number of benzene rings is 1. The summed E-state index contributed by atoms with van der Waals surface area (Å²) in [5, 5.41) is 14.5. The molecule has 0 aliphatic heterocycles. The Bertz CT molecular complexity index is 1240. The monoisotopic (exact) mass is 358 g/mol. The van der Waals surface area contributed by atoms with Crippen molar-refractivity contribution in [2.24, 2.45) is 0 Å². The molecule has 5 nitrogen and oxygen atoms in total. The molecular formula is C20H14N4OS. The van der Waals surface area contributed by atoms with Gasteiger partial charge in [-0.15, -0.1) is 11.3 Å². The lowest BCUT2D eigenvalue weighted by Crippen LogP contribution is -2.16. The Morgan fingerprint density at radius 2 is 2.00 bits per heavy atom. The maximum absolute atomic E-state index is 13.1. The number of pyridine rings is 2. The molecule has 1 N–H and O–H groups in total. The van der Waals surface area contributed by atoms with Crippen LogP contribution >= 0.6 is 11.3 Å². The van der Waals surface area contributed by atoms with Gasteiger partial charge in [0.1, 0.15) is 9.53 Å². The Morgan fingerprint density at radius 1 is 1.19 bits per heavy atom. The van der Waals surface area contributed by atoms with E-state index >= 15 is 0 Å². The summed E-state index contributed by atoms with van der Waals surface area (Å²) in [5.41, 5.74) is 2.31. The topological polar surface area (TPSA) is 70.7 Å². The highest BCUT2D eigenvalue weighted by molar-refractivity contribution is 7.25. The number of hydrogen-bond acceptors (Lipinski definition) is 5. The molecule has 5 rings (SSSR count). The summed E-state index contributed by atoms with van der Waals surface area (Å²) in [7, 11) is 0. The number of hydrogen-bond donors (Lipinski definition) is 1. The fraction of sp³-hybridized carbons (Fsp3) is 0.150. The van der Waals surface area contributed by atoms with Gasteiger partial charge in [0, 0.05) is 40.6 Å². The average Bonchev–Trinajstić information content (AvgIpc) is 3.40. The molecule has 0 spiro atoms. The van der Waals surface area contributed by atoms with Gasteiger partial charge in [0.15, 0.2) is 0 Å². The van der Waals surface area contributed by atoms with Crippen LogP contribution in [0, 0.1) is 11.3 Å². The van der Waals surface area contributed by atoms with E-state index in [1.165, 1.54) is 24.2 Å². The van der Waals surface area contributed by atoms with E-state index in [0.717, 1.165) is 27.0 Å². The van der Waals surface area contributed by atoms with E-state index in [0.29, 0.717) is 16.3 Å². The highest BCUT2D eigenvalue weighted by Crippen LogP contribution is 2.37. The average molecular weight is 358 g/mol. The zero-order valence-electron chi connectivity index (χ0n) is 13.8. The normalized spacial score (nSPS) is 13.8. The highest BCUT2D eigenvalue weighted by Gasteiger charge is 2.23. The minimum absolute atomic E-state index is 0.0624. The van der Waals surface area contributed by atoms with Gasteiger partial charge in [-0.25, -0.2) is 4.98 Å². The molecule has 1 fully saturated rings. The first-order chi connectivity index (χ1) is 12.7. The second-order valence-electron chi connectivity index (χ2n) is 6.45. The number of aromatic nitrogens is 2. The summed E-state index contributed by atoms with van der Waals surface area (Å²) in [6, 6.07) is 13.6. The largest absolute Gasteiger partial charge is 0.382 e. The van der Waals surface area contributed by atoms with Crippen LogP contribution in [0.15, 0.2) is 53.6 Å². The number of nitrogens with zero attached hydrogens (tertiary/aromatic N) is 3. The molecule has 3 aromatic heterocycles. The number of fused-ring (bicyclic) bond motifs is 3. The summed E-state index contributed by atoms with van der Waals surface area (Å²) in [5.74, 6) is 0. The van der Waals surface area contributed by atoms with Gasteiger partial charge >= 0.3 is 0 Å². The van der Waals surface area contributed by atoms with Crippen LogP contribution in [0.2, 0.25) is 0 Å². The number of nitriles is 1. The second kappa shape index (κ2) is 5.68. The predicted octanol–water partition coefficient (Wildman–Crippen LogP) is 4.05. The van der Waals surface area contributed by atoms with E-state index in [2.05, 4.69) is 16.4 Å². The summed E-state index contributed by atoms with van der Waals surface area (Å²) in [6.07, 6.45) is 5.97. The Hall–Kier alpha value is -3.17. The zero-order chi connectivity index (χ0) is 17.7. The molecule has 1 saturated carbocycles. The molecule has 0 radical (unpaired) electrons. The highest BCUT2D eigenvalue weighted by atomic mass is 32.1. The molecule has 0 unspecified atom stereocenters. The van der Waals surface area contributed by atoms with E-state index in [-0.39, 0.29) is 5.56 Å². The minimum Gasteiger partial charge on any atom is -0.382 e. The maximum atomic E-state index is 13.1. The van der Waals surface area contributed by atoms with Crippen LogP contribution in [0.1, 0.15) is 18.4 Å². The van der Waals surface area contributed by atoms with Crippen LogP contribution in [0.3, 0.4) is 0 Å². The van der Waals surface area contributed by atoms with E-state index in [4.69, 9.17) is 5.26 Å². The predicted molar refractivity (Wildman–Crippen MR) is 104 cm³/mol. The van der Waals surface area contributed by atoms with E-state index in [1.807, 2.05) is 12.1 Å². The molecule has 1 aliphatic carbocycles. The van der Waals surface area contributed by atoms with Crippen molar-refractivity contribution in [3.8, 4) is 11.8 Å². The third-order valence-corrected chi connectivity index (χ3v) is 5.75. The Morgan fingerprint density at radius 3 is 2.73 bits per heavy atom. The lowest BCUT2D eigenvalue weighted by molar-refractivity contribution is 1.01. The fourth-order valence-corrected chi connectivity index (χ4v) is 4.25.